The van der Waals surface area contributed by atoms with Gasteiger partial charge in [0.05, 0.1) is 27.4 Å². The number of carbonyl (C=O) groups excluding carboxylic acids is 1. The molecule has 0 aliphatic carbocycles. The normalized spacial score (nSPS) is 16.4. The van der Waals surface area contributed by atoms with Gasteiger partial charge < -0.3 is 48.8 Å². The molecule has 59 heavy (non-hydrogen) atoms. The van der Waals surface area contributed by atoms with Crippen LogP contribution < -0.4 is 23.7 Å². The van der Waals surface area contributed by atoms with Gasteiger partial charge in [-0.05, 0) is 64.8 Å². The van der Waals surface area contributed by atoms with Crippen molar-refractivity contribution >= 4 is 39.5 Å². The summed E-state index contributed by atoms with van der Waals surface area (Å²) in [6, 6.07) is 22.2. The molecule has 0 amide bonds. The molecule has 14 nitrogen and oxygen atoms in total. The fourth-order valence-corrected chi connectivity index (χ4v) is 8.40. The van der Waals surface area contributed by atoms with Gasteiger partial charge in [0.2, 0.25) is 12.5 Å². The van der Waals surface area contributed by atoms with Crippen molar-refractivity contribution in [3.05, 3.63) is 123 Å². The zero-order chi connectivity index (χ0) is 41.7. The van der Waals surface area contributed by atoms with Crippen molar-refractivity contribution in [2.45, 2.75) is 25.0 Å². The lowest BCUT2D eigenvalue weighted by Crippen LogP contribution is -2.36. The molecule has 14 heteroatoms. The molecular formula is C45H39NO13. The number of carbonyl (C=O) groups is 3. The SMILES string of the molecule is COc1ccc2c(c1OC)C(=O)OC2[C@H]1c2c(cc3c(c2OC)OCO3)CCN1C.O=C(O)c1cc2ccccc2c(Cc2c(O)c(C(=O)O)cc3ccccc23)c1O. The summed E-state index contributed by atoms with van der Waals surface area (Å²) in [7, 11) is 6.70. The lowest BCUT2D eigenvalue weighted by atomic mass is 9.85. The summed E-state index contributed by atoms with van der Waals surface area (Å²) in [6.45, 7) is 0.963. The highest BCUT2D eigenvalue weighted by molar-refractivity contribution is 6.02. The minimum absolute atomic E-state index is 0.0407. The Hall–Kier alpha value is -7.19. The molecule has 302 valence electrons. The lowest BCUT2D eigenvalue weighted by Gasteiger charge is -2.38. The van der Waals surface area contributed by atoms with Gasteiger partial charge in [0.15, 0.2) is 23.0 Å². The third kappa shape index (κ3) is 6.47. The van der Waals surface area contributed by atoms with Gasteiger partial charge in [-0.1, -0.05) is 54.6 Å². The van der Waals surface area contributed by atoms with Gasteiger partial charge in [0.1, 0.15) is 34.3 Å². The average Bonchev–Trinajstić information content (AvgIpc) is 3.85. The first kappa shape index (κ1) is 38.7. The molecule has 4 N–H and O–H groups in total. The van der Waals surface area contributed by atoms with E-state index in [2.05, 4.69) is 4.90 Å². The van der Waals surface area contributed by atoms with Crippen LogP contribution in [-0.2, 0) is 17.6 Å². The van der Waals surface area contributed by atoms with Gasteiger partial charge in [-0.15, -0.1) is 0 Å². The maximum Gasteiger partial charge on any atom is 0.343 e. The summed E-state index contributed by atoms with van der Waals surface area (Å²) in [5.74, 6) is -0.998. The van der Waals surface area contributed by atoms with E-state index in [4.69, 9.17) is 28.4 Å². The number of cyclic esters (lactones) is 1. The number of likely N-dealkylation sites (N-methyl/N-ethyl adjacent to an activating group) is 1. The van der Waals surface area contributed by atoms with Gasteiger partial charge in [-0.2, -0.15) is 0 Å². The largest absolute Gasteiger partial charge is 0.507 e. The second kappa shape index (κ2) is 15.3. The quantitative estimate of drug-likeness (QED) is 0.112. The molecule has 6 aromatic carbocycles. The van der Waals surface area contributed by atoms with Gasteiger partial charge in [-0.25, -0.2) is 14.4 Å². The first-order chi connectivity index (χ1) is 28.5. The molecule has 2 atom stereocenters. The molecule has 0 radical (unpaired) electrons. The van der Waals surface area contributed by atoms with E-state index < -0.39 is 35.5 Å². The number of benzene rings is 6. The van der Waals surface area contributed by atoms with E-state index in [0.717, 1.165) is 29.7 Å². The molecule has 9 rings (SSSR count). The number of aromatic hydroxyl groups is 2. The molecule has 6 aromatic rings. The predicted molar refractivity (Wildman–Crippen MR) is 214 cm³/mol. The Labute approximate surface area is 337 Å². The molecule has 0 spiro atoms. The molecule has 3 heterocycles. The highest BCUT2D eigenvalue weighted by atomic mass is 16.7. The summed E-state index contributed by atoms with van der Waals surface area (Å²) in [4.78, 5) is 38.3. The van der Waals surface area contributed by atoms with Crippen molar-refractivity contribution in [3.63, 3.8) is 0 Å². The Morgan fingerprint density at radius 3 is 1.93 bits per heavy atom. The van der Waals surface area contributed by atoms with E-state index in [-0.39, 0.29) is 30.4 Å². The van der Waals surface area contributed by atoms with E-state index in [1.807, 2.05) is 19.2 Å². The fourth-order valence-electron chi connectivity index (χ4n) is 8.40. The van der Waals surface area contributed by atoms with Crippen LogP contribution in [-0.4, -0.2) is 84.9 Å². The average molecular weight is 802 g/mol. The number of ether oxygens (including phenoxy) is 6. The van der Waals surface area contributed by atoms with Crippen LogP contribution in [0.2, 0.25) is 0 Å². The van der Waals surface area contributed by atoms with Crippen LogP contribution in [0.15, 0.2) is 78.9 Å². The zero-order valence-electron chi connectivity index (χ0n) is 32.4. The lowest BCUT2D eigenvalue weighted by molar-refractivity contribution is 0.00871. The van der Waals surface area contributed by atoms with E-state index in [0.29, 0.717) is 67.0 Å². The Kier molecular flexibility index (Phi) is 10.0. The van der Waals surface area contributed by atoms with Crippen LogP contribution in [0.25, 0.3) is 21.5 Å². The number of hydrogen-bond acceptors (Lipinski definition) is 12. The molecular weight excluding hydrogens is 762 g/mol. The summed E-state index contributed by atoms with van der Waals surface area (Å²) in [6.07, 6.45) is 0.265. The van der Waals surface area contributed by atoms with Crippen LogP contribution >= 0.6 is 0 Å². The van der Waals surface area contributed by atoms with Gasteiger partial charge in [-0.3, -0.25) is 4.90 Å². The number of hydrogen-bond donors (Lipinski definition) is 4. The van der Waals surface area contributed by atoms with Crippen molar-refractivity contribution < 1.29 is 63.2 Å². The van der Waals surface area contributed by atoms with Gasteiger partial charge >= 0.3 is 17.9 Å². The highest BCUT2D eigenvalue weighted by Crippen LogP contribution is 2.55. The Morgan fingerprint density at radius 1 is 0.780 bits per heavy atom. The summed E-state index contributed by atoms with van der Waals surface area (Å²) in [5.41, 5.74) is 3.34. The van der Waals surface area contributed by atoms with Crippen molar-refractivity contribution in [1.29, 1.82) is 0 Å². The Morgan fingerprint density at radius 2 is 1.37 bits per heavy atom. The maximum atomic E-state index is 12.9. The smallest absolute Gasteiger partial charge is 0.343 e. The number of phenols is 2. The minimum Gasteiger partial charge on any atom is -0.507 e. The number of carboxylic acid groups (broad SMARTS) is 2. The highest BCUT2D eigenvalue weighted by Gasteiger charge is 2.46. The maximum absolute atomic E-state index is 12.9. The second-order valence-electron chi connectivity index (χ2n) is 14.2. The molecule has 1 unspecified atom stereocenters. The van der Waals surface area contributed by atoms with E-state index in [9.17, 15) is 34.8 Å². The summed E-state index contributed by atoms with van der Waals surface area (Å²) < 4.78 is 33.8. The number of aromatic carboxylic acids is 2. The number of esters is 1. The van der Waals surface area contributed by atoms with Crippen molar-refractivity contribution in [2.75, 3.05) is 41.7 Å². The predicted octanol–water partition coefficient (Wildman–Crippen LogP) is 7.27. The Bertz CT molecular complexity index is 2610. The van der Waals surface area contributed by atoms with Crippen molar-refractivity contribution in [2.24, 2.45) is 0 Å². The van der Waals surface area contributed by atoms with Crippen molar-refractivity contribution in [3.8, 4) is 40.2 Å². The Balaban J connectivity index is 0.000000164. The van der Waals surface area contributed by atoms with E-state index >= 15 is 0 Å². The summed E-state index contributed by atoms with van der Waals surface area (Å²) >= 11 is 0. The third-order valence-electron chi connectivity index (χ3n) is 11.1. The van der Waals surface area contributed by atoms with Crippen LogP contribution in [0.4, 0.5) is 0 Å². The topological polar surface area (TPSA) is 191 Å². The third-order valence-corrected chi connectivity index (χ3v) is 11.1. The zero-order valence-corrected chi connectivity index (χ0v) is 32.4. The molecule has 3 aliphatic rings. The number of nitrogens with zero attached hydrogens (tertiary/aromatic N) is 1. The van der Waals surface area contributed by atoms with Crippen LogP contribution in [0.5, 0.6) is 40.2 Å². The molecule has 0 bridgehead atoms. The van der Waals surface area contributed by atoms with E-state index in [1.165, 1.54) is 19.2 Å². The number of fused-ring (bicyclic) bond motifs is 5. The standard InChI is InChI=1S/C23H16O6.C22H23NO7/c24-20-16(14-7-3-1-5-12(14)9-18(20)22(26)27)11-17-15-8-4-2-6-13(15)10-19(21(17)25)23(28)29;1-23-8-7-11-9-14-20(29-10-28-14)21(27-4)15(11)17(23)18-12-5-6-13(25-2)19(26-3)16(12)22(24)30-18/h1-10,24-25H,11H2,(H,26,27)(H,28,29);5-6,9,17-18H,7-8,10H2,1-4H3/t;17-,18?/m.1/s1. The van der Waals surface area contributed by atoms with Crippen LogP contribution in [0.1, 0.15) is 71.0 Å². The van der Waals surface area contributed by atoms with Crippen LogP contribution in [0.3, 0.4) is 0 Å². The van der Waals surface area contributed by atoms with Gasteiger partial charge in [0.25, 0.3) is 0 Å². The fraction of sp³-hybridized carbons (Fsp3) is 0.222. The monoisotopic (exact) mass is 801 g/mol. The van der Waals surface area contributed by atoms with E-state index in [1.54, 1.807) is 68.8 Å². The van der Waals surface area contributed by atoms with Crippen LogP contribution in [0, 0.1) is 0 Å². The summed E-state index contributed by atoms with van der Waals surface area (Å²) in [5, 5.41) is 42.8. The van der Waals surface area contributed by atoms with Gasteiger partial charge in [0, 0.05) is 35.2 Å². The molecule has 0 saturated carbocycles. The molecule has 0 saturated heterocycles. The second-order valence-corrected chi connectivity index (χ2v) is 14.2. The molecule has 3 aliphatic heterocycles. The number of rotatable bonds is 8. The molecule has 0 aromatic heterocycles. The number of carboxylic acids is 2. The first-order valence-corrected chi connectivity index (χ1v) is 18.6. The van der Waals surface area contributed by atoms with Crippen molar-refractivity contribution in [1.82, 2.24) is 4.90 Å². The first-order valence-electron chi connectivity index (χ1n) is 18.6. The molecule has 0 fully saturated rings. The number of methoxy groups -OCH3 is 3. The minimum atomic E-state index is -1.28.